The molecule has 5 aromatic carbocycles. The van der Waals surface area contributed by atoms with E-state index >= 15 is 0 Å². The summed E-state index contributed by atoms with van der Waals surface area (Å²) >= 11 is 0. The topological polar surface area (TPSA) is 471 Å². The number of hydrogen-bond acceptors (Lipinski definition) is 25. The molecule has 30 heteroatoms. The van der Waals surface area contributed by atoms with Crippen molar-refractivity contribution < 1.29 is 117 Å². The van der Waals surface area contributed by atoms with Crippen LogP contribution in [-0.4, -0.2) is 170 Å². The summed E-state index contributed by atoms with van der Waals surface area (Å²) in [5, 5.41) is 90.3. The summed E-state index contributed by atoms with van der Waals surface area (Å²) in [6.07, 6.45) is -1.24. The van der Waals surface area contributed by atoms with Crippen molar-refractivity contribution >= 4 is 60.5 Å². The lowest BCUT2D eigenvalue weighted by molar-refractivity contribution is -0.143. The van der Waals surface area contributed by atoms with Gasteiger partial charge in [-0.25, -0.2) is 28.8 Å². The van der Waals surface area contributed by atoms with Crippen molar-refractivity contribution in [3.05, 3.63) is 130 Å². The Balaban J connectivity index is 0.00000119. The van der Waals surface area contributed by atoms with E-state index in [2.05, 4.69) is 25.4 Å². The molecule has 532 valence electrons. The third kappa shape index (κ3) is 34.1. The fourth-order valence-electron chi connectivity index (χ4n) is 7.61. The van der Waals surface area contributed by atoms with Gasteiger partial charge >= 0.3 is 48.1 Å². The molecule has 0 saturated carbocycles. The number of amides is 3. The minimum absolute atomic E-state index is 0. The Labute approximate surface area is 563 Å². The van der Waals surface area contributed by atoms with Crippen molar-refractivity contribution in [2.75, 3.05) is 28.4 Å². The van der Waals surface area contributed by atoms with Crippen LogP contribution in [0.25, 0.3) is 0 Å². The molecule has 0 spiro atoms. The zero-order valence-electron chi connectivity index (χ0n) is 56.3. The van der Waals surface area contributed by atoms with E-state index in [0.29, 0.717) is 27.8 Å². The van der Waals surface area contributed by atoms with Gasteiger partial charge in [-0.1, -0.05) is 42.5 Å². The number of hydrogen-bond donors (Lipinski definition) is 14. The highest BCUT2D eigenvalue weighted by molar-refractivity contribution is 5.85. The van der Waals surface area contributed by atoms with Crippen LogP contribution < -0.4 is 27.4 Å². The Morgan fingerprint density at radius 1 is 0.365 bits per heavy atom. The average Bonchev–Trinajstić information content (AvgIpc) is 1.04. The molecule has 0 bridgehead atoms. The van der Waals surface area contributed by atoms with Crippen molar-refractivity contribution in [3.8, 4) is 46.0 Å². The van der Waals surface area contributed by atoms with E-state index in [1.54, 1.807) is 119 Å². The van der Waals surface area contributed by atoms with Crippen molar-refractivity contribution in [2.24, 2.45) is 11.5 Å². The highest BCUT2D eigenvalue weighted by atomic mass is 35.5. The van der Waals surface area contributed by atoms with Crippen LogP contribution in [0, 0.1) is 13.8 Å². The first-order chi connectivity index (χ1) is 43.9. The molecule has 5 atom stereocenters. The zero-order valence-corrected chi connectivity index (χ0v) is 57.1. The standard InChI is InChI=1S/2C16H23NO5.C15H21NO6.C10H13NO4.C9H11NO4.ClH/c1-10-8-11(6-7-13(10)18)9-12(14(19)21-5)17-15(20)22-16(2,3)4;1-10-6-7-11(9-13(10)18)8-12(14(19)21-5)17-15(20)22-16(2,3)4;1-15(2,3)22-14(20)16-10(13(19)21-4)7-9-5-6-11(17)12(18)8-9;1-15-10(14)7(11)4-6-2-3-8(12)9(13)5-6;10-6(9(13)14)3-5-1-2-7(11)8(12)4-5;/h6-8,12,18H,9H2,1-5H3,(H,17,20);6-7,9,12,18H,8H2,1-5H3,(H,17,20);5-6,8,10,17-18H,7H2,1-4H3,(H,16,20);2-3,5,7,12-13H,4,11H2,1H3;1-2,4,6,11-12H,3,10H2,(H,13,14);1H/t2*12-;10-;7-;6-;/m00000./s1. The predicted molar refractivity (Wildman–Crippen MR) is 352 cm³/mol. The number of benzene rings is 5. The van der Waals surface area contributed by atoms with Crippen molar-refractivity contribution in [2.45, 2.75) is 155 Å². The number of halogens is 1. The first-order valence-electron chi connectivity index (χ1n) is 29.0. The van der Waals surface area contributed by atoms with Crippen molar-refractivity contribution in [1.82, 2.24) is 16.0 Å². The summed E-state index contributed by atoms with van der Waals surface area (Å²) in [6.45, 7) is 19.1. The number of nitrogens with two attached hydrogens (primary N) is 2. The van der Waals surface area contributed by atoms with E-state index in [4.69, 9.17) is 55.6 Å². The maximum atomic E-state index is 11.8. The number of aliphatic carboxylic acids is 1. The smallest absolute Gasteiger partial charge is 0.408 e. The van der Waals surface area contributed by atoms with Crippen LogP contribution in [0.3, 0.4) is 0 Å². The van der Waals surface area contributed by atoms with E-state index in [0.717, 1.165) is 11.1 Å². The van der Waals surface area contributed by atoms with Gasteiger partial charge in [0.15, 0.2) is 34.5 Å². The number of carboxylic acids is 1. The minimum Gasteiger partial charge on any atom is -0.508 e. The number of alkyl carbamates (subject to hydrolysis) is 3. The molecule has 29 nitrogen and oxygen atoms in total. The Bertz CT molecular complexity index is 3140. The number of phenolic OH excluding ortho intramolecular Hbond substituents is 8. The number of aryl methyl sites for hydroxylation is 2. The number of phenols is 8. The molecule has 0 aliphatic carbocycles. The molecule has 0 unspecified atom stereocenters. The SMILES string of the molecule is COC(=O)[C@@H](N)Cc1ccc(O)c(O)c1.COC(=O)[C@H](Cc1ccc(C)c(O)c1)NC(=O)OC(C)(C)C.COC(=O)[C@H](Cc1ccc(O)c(C)c1)NC(=O)OC(C)(C)C.COC(=O)[C@H](Cc1ccc(O)c(O)c1)NC(=O)OC(C)(C)C.Cl.N[C@@H](Cc1ccc(O)c(O)c1)C(=O)O. The molecule has 0 fully saturated rings. The van der Waals surface area contributed by atoms with Gasteiger partial charge in [-0.15, -0.1) is 12.4 Å². The summed E-state index contributed by atoms with van der Waals surface area (Å²) in [7, 11) is 4.98. The Hall–Kier alpha value is -10.1. The second-order valence-electron chi connectivity index (χ2n) is 24.0. The fraction of sp³-hybridized carbons (Fsp3) is 0.424. The maximum Gasteiger partial charge on any atom is 0.408 e. The van der Waals surface area contributed by atoms with Gasteiger partial charge in [-0.05, 0) is 176 Å². The highest BCUT2D eigenvalue weighted by Crippen LogP contribution is 2.28. The number of nitrogens with one attached hydrogen (secondary N) is 3. The van der Waals surface area contributed by atoms with Gasteiger partial charge in [0.25, 0.3) is 0 Å². The van der Waals surface area contributed by atoms with Crippen LogP contribution in [-0.2, 0) is 89.2 Å². The van der Waals surface area contributed by atoms with E-state index in [1.165, 1.54) is 77.0 Å². The third-order valence-corrected chi connectivity index (χ3v) is 12.2. The van der Waals surface area contributed by atoms with Gasteiger partial charge in [0.1, 0.15) is 58.5 Å². The number of carboxylic acid groups (broad SMARTS) is 1. The molecule has 3 amide bonds. The first-order valence-corrected chi connectivity index (χ1v) is 29.0. The number of rotatable bonds is 18. The molecule has 96 heavy (non-hydrogen) atoms. The van der Waals surface area contributed by atoms with Crippen LogP contribution in [0.5, 0.6) is 46.0 Å². The number of carbonyl (C=O) groups excluding carboxylic acids is 7. The summed E-state index contributed by atoms with van der Waals surface area (Å²) in [6, 6.07) is 18.1. The van der Waals surface area contributed by atoms with E-state index in [1.807, 2.05) is 0 Å². The van der Waals surface area contributed by atoms with Gasteiger partial charge in [-0.2, -0.15) is 0 Å². The lowest BCUT2D eigenvalue weighted by Crippen LogP contribution is -2.45. The van der Waals surface area contributed by atoms with Gasteiger partial charge in [0.05, 0.1) is 28.4 Å². The number of esters is 4. The minimum atomic E-state index is -1.10. The molecule has 0 heterocycles. The van der Waals surface area contributed by atoms with Gasteiger partial charge in [-0.3, -0.25) is 9.59 Å². The van der Waals surface area contributed by atoms with Crippen LogP contribution in [0.1, 0.15) is 101 Å². The average molecular weight is 1370 g/mol. The quantitative estimate of drug-likeness (QED) is 0.0240. The zero-order chi connectivity index (χ0) is 72.9. The summed E-state index contributed by atoms with van der Waals surface area (Å²) in [5.41, 5.74) is 13.5. The molecule has 0 radical (unpaired) electrons. The van der Waals surface area contributed by atoms with Crippen LogP contribution >= 0.6 is 12.4 Å². The monoisotopic (exact) mass is 1370 g/mol. The molecule has 0 saturated heterocycles. The molecule has 16 N–H and O–H groups in total. The maximum absolute atomic E-state index is 11.8. The highest BCUT2D eigenvalue weighted by Gasteiger charge is 2.29. The van der Waals surface area contributed by atoms with Gasteiger partial charge < -0.3 is 107 Å². The fourth-order valence-corrected chi connectivity index (χ4v) is 7.61. The second kappa shape index (κ2) is 40.2. The van der Waals surface area contributed by atoms with Crippen molar-refractivity contribution in [3.63, 3.8) is 0 Å². The molecule has 0 aromatic heterocycles. The predicted octanol–water partition coefficient (Wildman–Crippen LogP) is 6.94. The van der Waals surface area contributed by atoms with E-state index < -0.39 is 95.1 Å². The number of carbonyl (C=O) groups is 8. The van der Waals surface area contributed by atoms with Gasteiger partial charge in [0.2, 0.25) is 0 Å². The molecule has 0 aliphatic rings. The lowest BCUT2D eigenvalue weighted by Gasteiger charge is -2.22. The number of methoxy groups -OCH3 is 4. The van der Waals surface area contributed by atoms with Crippen LogP contribution in [0.15, 0.2) is 91.0 Å². The van der Waals surface area contributed by atoms with Crippen LogP contribution in [0.4, 0.5) is 14.4 Å². The van der Waals surface area contributed by atoms with Gasteiger partial charge in [0, 0.05) is 19.3 Å². The third-order valence-electron chi connectivity index (χ3n) is 12.2. The van der Waals surface area contributed by atoms with E-state index in [-0.39, 0.29) is 90.5 Å². The summed E-state index contributed by atoms with van der Waals surface area (Å²) in [4.78, 5) is 92.2. The largest absolute Gasteiger partial charge is 0.508 e. The lowest BCUT2D eigenvalue weighted by atomic mass is 10.0. The number of ether oxygens (including phenoxy) is 7. The summed E-state index contributed by atoms with van der Waals surface area (Å²) in [5.74, 6) is -4.59. The number of aromatic hydroxyl groups is 8. The molecule has 5 rings (SSSR count). The van der Waals surface area contributed by atoms with Crippen molar-refractivity contribution in [1.29, 1.82) is 0 Å². The first kappa shape index (κ1) is 85.9. The Kier molecular flexibility index (Phi) is 36.0. The summed E-state index contributed by atoms with van der Waals surface area (Å²) < 4.78 is 33.9. The Morgan fingerprint density at radius 3 is 0.885 bits per heavy atom. The molecular formula is C66H92ClN5O24. The molecule has 5 aromatic rings. The molecule has 0 aliphatic heterocycles. The van der Waals surface area contributed by atoms with E-state index in [9.17, 15) is 63.9 Å². The normalized spacial score (nSPS) is 12.2. The Morgan fingerprint density at radius 2 is 0.625 bits per heavy atom. The van der Waals surface area contributed by atoms with Crippen LogP contribution in [0.2, 0.25) is 0 Å². The molecular weight excluding hydrogens is 1280 g/mol. The second-order valence-corrected chi connectivity index (χ2v) is 24.0.